The molecule has 1 fully saturated rings. The molecule has 0 bridgehead atoms. The molecule has 1 unspecified atom stereocenters. The van der Waals surface area contributed by atoms with Crippen LogP contribution in [0.5, 0.6) is 0 Å². The molecule has 1 aromatic rings. The molecule has 0 radical (unpaired) electrons. The summed E-state index contributed by atoms with van der Waals surface area (Å²) in [5.41, 5.74) is 0.811. The lowest BCUT2D eigenvalue weighted by Crippen LogP contribution is -2.51. The minimum atomic E-state index is -2.77. The Bertz CT molecular complexity index is 682. The zero-order valence-corrected chi connectivity index (χ0v) is 19.1. The number of carbonyl (C=O) groups is 1. The van der Waals surface area contributed by atoms with Crippen molar-refractivity contribution in [2.75, 3.05) is 6.54 Å². The van der Waals surface area contributed by atoms with Gasteiger partial charge in [0.2, 0.25) is 5.91 Å². The molecule has 1 aliphatic heterocycles. The zero-order valence-electron chi connectivity index (χ0n) is 18.1. The molecule has 164 valence electrons. The number of hydrogen-bond acceptors (Lipinski definition) is 3. The van der Waals surface area contributed by atoms with Crippen molar-refractivity contribution >= 4 is 14.2 Å². The highest BCUT2D eigenvalue weighted by Crippen LogP contribution is 2.42. The van der Waals surface area contributed by atoms with Gasteiger partial charge in [0, 0.05) is 20.0 Å². The second kappa shape index (κ2) is 9.18. The summed E-state index contributed by atoms with van der Waals surface area (Å²) in [5.74, 6) is -0.320. The minimum absolute atomic E-state index is 0.0378. The van der Waals surface area contributed by atoms with E-state index in [4.69, 9.17) is 4.43 Å². The van der Waals surface area contributed by atoms with Crippen LogP contribution < -0.4 is 5.32 Å². The van der Waals surface area contributed by atoms with Gasteiger partial charge in [0.15, 0.2) is 8.32 Å². The number of likely N-dealkylation sites (tertiary alicyclic amines) is 1. The van der Waals surface area contributed by atoms with Gasteiger partial charge in [-0.25, -0.2) is 13.2 Å². The van der Waals surface area contributed by atoms with Crippen molar-refractivity contribution in [2.24, 2.45) is 0 Å². The largest absolute Gasteiger partial charge is 0.409 e. The first kappa shape index (κ1) is 23.9. The number of benzene rings is 1. The molecule has 1 N–H and O–H groups in total. The van der Waals surface area contributed by atoms with Crippen molar-refractivity contribution in [3.8, 4) is 0 Å². The molecule has 1 saturated heterocycles. The maximum absolute atomic E-state index is 15.6. The Balaban J connectivity index is 2.38. The van der Waals surface area contributed by atoms with Gasteiger partial charge in [0.25, 0.3) is 6.43 Å². The molecule has 4 atom stereocenters. The quantitative estimate of drug-likeness (QED) is 0.653. The van der Waals surface area contributed by atoms with Gasteiger partial charge >= 0.3 is 0 Å². The molecular weight excluding hydrogens is 397 g/mol. The topological polar surface area (TPSA) is 41.6 Å². The van der Waals surface area contributed by atoms with Crippen LogP contribution in [0.3, 0.4) is 0 Å². The smallest absolute Gasteiger partial charge is 0.256 e. The van der Waals surface area contributed by atoms with Gasteiger partial charge in [-0.15, -0.1) is 0 Å². The fourth-order valence-corrected chi connectivity index (χ4v) is 4.74. The highest BCUT2D eigenvalue weighted by atomic mass is 28.4. The molecule has 29 heavy (non-hydrogen) atoms. The molecule has 1 heterocycles. The van der Waals surface area contributed by atoms with E-state index in [1.165, 1.54) is 11.8 Å². The molecule has 1 aromatic carbocycles. The van der Waals surface area contributed by atoms with E-state index in [0.29, 0.717) is 0 Å². The summed E-state index contributed by atoms with van der Waals surface area (Å²) >= 11 is 0. The lowest BCUT2D eigenvalue weighted by Gasteiger charge is -2.40. The number of rotatable bonds is 7. The van der Waals surface area contributed by atoms with Crippen LogP contribution in [-0.2, 0) is 15.8 Å². The zero-order chi connectivity index (χ0) is 22.0. The number of amides is 1. The summed E-state index contributed by atoms with van der Waals surface area (Å²) in [5, 5.41) is 2.36. The molecule has 8 heteroatoms. The number of hydrogen-bond donors (Lipinski definition) is 1. The average molecular weight is 431 g/mol. The predicted molar refractivity (Wildman–Crippen MR) is 111 cm³/mol. The van der Waals surface area contributed by atoms with Crippen molar-refractivity contribution in [3.63, 3.8) is 0 Å². The van der Waals surface area contributed by atoms with E-state index in [1.807, 2.05) is 64.2 Å². The lowest BCUT2D eigenvalue weighted by atomic mass is 10.1. The summed E-state index contributed by atoms with van der Waals surface area (Å²) in [6.45, 7) is 11.3. The summed E-state index contributed by atoms with van der Waals surface area (Å²) in [6.07, 6.45) is -5.63. The first-order valence-corrected chi connectivity index (χ1v) is 12.9. The van der Waals surface area contributed by atoms with E-state index in [1.54, 1.807) is 0 Å². The van der Waals surface area contributed by atoms with Gasteiger partial charge in [0.05, 0.1) is 18.2 Å². The highest BCUT2D eigenvalue weighted by molar-refractivity contribution is 6.74. The third-order valence-corrected chi connectivity index (χ3v) is 10.6. The Hall–Kier alpha value is -1.38. The second-order valence-electron chi connectivity index (χ2n) is 9.27. The highest BCUT2D eigenvalue weighted by Gasteiger charge is 2.56. The van der Waals surface area contributed by atoms with Crippen LogP contribution in [-0.4, -0.2) is 56.5 Å². The normalized spacial score (nSPS) is 26.1. The van der Waals surface area contributed by atoms with Gasteiger partial charge in [-0.2, -0.15) is 0 Å². The summed E-state index contributed by atoms with van der Waals surface area (Å²) in [7, 11) is -2.48. The number of halogens is 3. The van der Waals surface area contributed by atoms with Gasteiger partial charge < -0.3 is 9.74 Å². The van der Waals surface area contributed by atoms with E-state index < -0.39 is 39.1 Å². The Kier molecular flexibility index (Phi) is 7.56. The van der Waals surface area contributed by atoms with Gasteiger partial charge in [-0.1, -0.05) is 51.1 Å². The number of nitrogens with one attached hydrogen (secondary N) is 1. The van der Waals surface area contributed by atoms with Gasteiger partial charge in [-0.05, 0) is 23.7 Å². The van der Waals surface area contributed by atoms with E-state index in [0.717, 1.165) is 5.56 Å². The average Bonchev–Trinajstić information content (AvgIpc) is 2.84. The molecule has 0 saturated carbocycles. The van der Waals surface area contributed by atoms with Crippen LogP contribution in [0.4, 0.5) is 13.2 Å². The molecular formula is C21H33F3N2O2Si. The van der Waals surface area contributed by atoms with Crippen molar-refractivity contribution < 1.29 is 22.4 Å². The third kappa shape index (κ3) is 5.61. The van der Waals surface area contributed by atoms with Crippen LogP contribution in [0.15, 0.2) is 30.3 Å². The Labute approximate surface area is 172 Å². The molecule has 0 spiro atoms. The first-order valence-electron chi connectivity index (χ1n) is 9.99. The molecule has 2 rings (SSSR count). The van der Waals surface area contributed by atoms with E-state index in [-0.39, 0.29) is 24.0 Å². The van der Waals surface area contributed by atoms with E-state index in [9.17, 15) is 13.6 Å². The Morgan fingerprint density at radius 3 is 2.31 bits per heavy atom. The van der Waals surface area contributed by atoms with Crippen LogP contribution in [0.2, 0.25) is 18.1 Å². The molecule has 0 aliphatic carbocycles. The second-order valence-corrected chi connectivity index (χ2v) is 14.0. The molecule has 1 aliphatic rings. The van der Waals surface area contributed by atoms with Crippen molar-refractivity contribution in [2.45, 2.75) is 83.2 Å². The van der Waals surface area contributed by atoms with Gasteiger partial charge in [0.1, 0.15) is 6.17 Å². The fraction of sp³-hybridized carbons (Fsp3) is 0.667. The van der Waals surface area contributed by atoms with E-state index in [2.05, 4.69) is 5.32 Å². The Morgan fingerprint density at radius 2 is 1.83 bits per heavy atom. The maximum atomic E-state index is 15.6. The third-order valence-electron chi connectivity index (χ3n) is 6.09. The molecule has 1 amide bonds. The van der Waals surface area contributed by atoms with Crippen LogP contribution in [0, 0.1) is 0 Å². The molecule has 0 aromatic heterocycles. The lowest BCUT2D eigenvalue weighted by molar-refractivity contribution is -0.119. The van der Waals surface area contributed by atoms with Crippen molar-refractivity contribution in [3.05, 3.63) is 35.9 Å². The maximum Gasteiger partial charge on any atom is 0.256 e. The van der Waals surface area contributed by atoms with E-state index >= 15 is 4.39 Å². The standard InChI is InChI=1S/C21H33F3N2O2Si/c1-14(27)25-12-16-17(22)19(28-29(5,6)21(2,3)4)18(20(23)24)26(16)13-15-10-8-7-9-11-15/h7-11,16-20H,12-13H2,1-6H3,(H,25,27)/t16-,17-,18+,19?/m1/s1. The predicted octanol–water partition coefficient (Wildman–Crippen LogP) is 4.37. The fourth-order valence-electron chi connectivity index (χ4n) is 3.43. The van der Waals surface area contributed by atoms with Crippen molar-refractivity contribution in [1.29, 1.82) is 0 Å². The first-order chi connectivity index (χ1) is 13.3. The number of nitrogens with zero attached hydrogens (tertiary/aromatic N) is 1. The minimum Gasteiger partial charge on any atom is -0.409 e. The summed E-state index contributed by atoms with van der Waals surface area (Å²) in [4.78, 5) is 12.9. The number of carbonyl (C=O) groups excluding carboxylic acids is 1. The summed E-state index contributed by atoms with van der Waals surface area (Å²) in [6, 6.07) is 6.88. The monoisotopic (exact) mass is 430 g/mol. The van der Waals surface area contributed by atoms with Crippen molar-refractivity contribution in [1.82, 2.24) is 10.2 Å². The SMILES string of the molecule is CC(=O)NC[C@@H]1[C@@H](F)C(O[Si](C)(C)C(C)(C)C)[C@@H](C(F)F)N1Cc1ccccc1. The van der Waals surface area contributed by atoms with Crippen LogP contribution in [0.25, 0.3) is 0 Å². The number of alkyl halides is 3. The Morgan fingerprint density at radius 1 is 1.24 bits per heavy atom. The van der Waals surface area contributed by atoms with Gasteiger partial charge in [-0.3, -0.25) is 9.69 Å². The van der Waals surface area contributed by atoms with Crippen LogP contribution >= 0.6 is 0 Å². The summed E-state index contributed by atoms with van der Waals surface area (Å²) < 4.78 is 50.1. The van der Waals surface area contributed by atoms with Crippen LogP contribution in [0.1, 0.15) is 33.3 Å². The molecule has 4 nitrogen and oxygen atoms in total.